The molecule has 1 fully saturated rings. The van der Waals surface area contributed by atoms with E-state index in [0.717, 1.165) is 33.8 Å². The molecule has 2 aromatic carbocycles. The molecule has 0 radical (unpaired) electrons. The summed E-state index contributed by atoms with van der Waals surface area (Å²) in [4.78, 5) is 34.5. The lowest BCUT2D eigenvalue weighted by Crippen LogP contribution is -2.30. The SMILES string of the molecule is Cc1ccc2sc(C(=O)NCC3CC(=O)N(c4ccc(-n5ccnc5CN(C)C)cc4)C3)cc2c1. The van der Waals surface area contributed by atoms with Gasteiger partial charge in [-0.3, -0.25) is 9.59 Å². The Morgan fingerprint density at radius 2 is 1.91 bits per heavy atom. The second kappa shape index (κ2) is 9.64. The second-order valence-electron chi connectivity index (χ2n) is 9.40. The molecule has 2 amide bonds. The lowest BCUT2D eigenvalue weighted by atomic mass is 10.1. The lowest BCUT2D eigenvalue weighted by Gasteiger charge is -2.18. The molecule has 8 heteroatoms. The molecule has 35 heavy (non-hydrogen) atoms. The number of fused-ring (bicyclic) bond motifs is 1. The Morgan fingerprint density at radius 3 is 2.69 bits per heavy atom. The number of carbonyl (C=O) groups is 2. The number of amides is 2. The van der Waals surface area contributed by atoms with Gasteiger partial charge in [0.2, 0.25) is 5.91 Å². The summed E-state index contributed by atoms with van der Waals surface area (Å²) in [5.74, 6) is 1.06. The van der Waals surface area contributed by atoms with Crippen molar-refractivity contribution >= 4 is 38.9 Å². The largest absolute Gasteiger partial charge is 0.351 e. The Morgan fingerprint density at radius 1 is 1.14 bits per heavy atom. The highest BCUT2D eigenvalue weighted by atomic mass is 32.1. The fraction of sp³-hybridized carbons (Fsp3) is 0.296. The van der Waals surface area contributed by atoms with Crippen LogP contribution in [0.15, 0.2) is 60.9 Å². The third-order valence-electron chi connectivity index (χ3n) is 6.27. The van der Waals surface area contributed by atoms with Gasteiger partial charge >= 0.3 is 0 Å². The molecule has 180 valence electrons. The van der Waals surface area contributed by atoms with E-state index in [0.29, 0.717) is 24.4 Å². The molecule has 0 aliphatic carbocycles. The van der Waals surface area contributed by atoms with Gasteiger partial charge in [0.1, 0.15) is 5.82 Å². The van der Waals surface area contributed by atoms with Gasteiger partial charge in [-0.15, -0.1) is 11.3 Å². The third kappa shape index (κ3) is 4.99. The standard InChI is InChI=1S/C27H29N5O2S/c1-18-4-9-23-20(12-18)14-24(35-23)27(34)29-15-19-13-26(33)32(16-19)22-7-5-21(6-8-22)31-11-10-28-25(31)17-30(2)3/h4-12,14,19H,13,15-17H2,1-3H3,(H,29,34). The van der Waals surface area contributed by atoms with Crippen LogP contribution in [0, 0.1) is 12.8 Å². The number of thiophene rings is 1. The number of nitrogens with one attached hydrogen (secondary N) is 1. The summed E-state index contributed by atoms with van der Waals surface area (Å²) in [5, 5.41) is 4.13. The zero-order chi connectivity index (χ0) is 24.5. The summed E-state index contributed by atoms with van der Waals surface area (Å²) in [6, 6.07) is 16.1. The number of carbonyl (C=O) groups excluding carboxylic acids is 2. The maximum absolute atomic E-state index is 12.7. The Labute approximate surface area is 209 Å². The van der Waals surface area contributed by atoms with Crippen molar-refractivity contribution in [3.8, 4) is 5.69 Å². The summed E-state index contributed by atoms with van der Waals surface area (Å²) in [7, 11) is 4.03. The lowest BCUT2D eigenvalue weighted by molar-refractivity contribution is -0.117. The number of benzene rings is 2. The van der Waals surface area contributed by atoms with Gasteiger partial charge in [0.05, 0.1) is 11.4 Å². The van der Waals surface area contributed by atoms with Crippen LogP contribution >= 0.6 is 11.3 Å². The molecule has 1 unspecified atom stereocenters. The predicted octanol–water partition coefficient (Wildman–Crippen LogP) is 4.24. The van der Waals surface area contributed by atoms with Gasteiger partial charge < -0.3 is 19.7 Å². The first kappa shape index (κ1) is 23.3. The van der Waals surface area contributed by atoms with Crippen molar-refractivity contribution in [2.75, 3.05) is 32.1 Å². The summed E-state index contributed by atoms with van der Waals surface area (Å²) >= 11 is 1.50. The van der Waals surface area contributed by atoms with Crippen molar-refractivity contribution in [3.05, 3.63) is 77.2 Å². The number of aromatic nitrogens is 2. The molecular weight excluding hydrogens is 458 g/mol. The molecule has 0 saturated carbocycles. The van der Waals surface area contributed by atoms with Gasteiger partial charge in [0, 0.05) is 53.9 Å². The number of imidazole rings is 1. The fourth-order valence-corrected chi connectivity index (χ4v) is 5.49. The van der Waals surface area contributed by atoms with Crippen molar-refractivity contribution in [2.24, 2.45) is 5.92 Å². The molecule has 1 saturated heterocycles. The zero-order valence-corrected chi connectivity index (χ0v) is 21.0. The normalized spacial score (nSPS) is 15.9. The van der Waals surface area contributed by atoms with Crippen molar-refractivity contribution in [1.29, 1.82) is 0 Å². The van der Waals surface area contributed by atoms with Crippen LogP contribution in [0.25, 0.3) is 15.8 Å². The number of nitrogens with zero attached hydrogens (tertiary/aromatic N) is 4. The van der Waals surface area contributed by atoms with Gasteiger partial charge in [-0.05, 0) is 62.8 Å². The summed E-state index contributed by atoms with van der Waals surface area (Å²) in [6.45, 7) is 3.87. The van der Waals surface area contributed by atoms with E-state index in [1.807, 2.05) is 62.4 Å². The molecular formula is C27H29N5O2S. The van der Waals surface area contributed by atoms with E-state index in [2.05, 4.69) is 38.0 Å². The average Bonchev–Trinajstić information content (AvgIpc) is 3.55. The minimum Gasteiger partial charge on any atom is -0.351 e. The van der Waals surface area contributed by atoms with E-state index in [-0.39, 0.29) is 17.7 Å². The van der Waals surface area contributed by atoms with Gasteiger partial charge in [-0.2, -0.15) is 0 Å². The van der Waals surface area contributed by atoms with Crippen LogP contribution < -0.4 is 10.2 Å². The minimum atomic E-state index is -0.0760. The molecule has 5 rings (SSSR count). The van der Waals surface area contributed by atoms with E-state index in [1.165, 1.54) is 16.9 Å². The van der Waals surface area contributed by atoms with Gasteiger partial charge in [-0.1, -0.05) is 17.7 Å². The highest BCUT2D eigenvalue weighted by Gasteiger charge is 2.31. The van der Waals surface area contributed by atoms with Crippen LogP contribution in [0.2, 0.25) is 0 Å². The Hall–Kier alpha value is -3.49. The Bertz CT molecular complexity index is 1370. The molecule has 1 aliphatic heterocycles. The van der Waals surface area contributed by atoms with Gasteiger partial charge in [-0.25, -0.2) is 4.98 Å². The van der Waals surface area contributed by atoms with Crippen LogP contribution in [-0.4, -0.2) is 53.5 Å². The molecule has 1 aliphatic rings. The molecule has 7 nitrogen and oxygen atoms in total. The number of hydrogen-bond donors (Lipinski definition) is 1. The summed E-state index contributed by atoms with van der Waals surface area (Å²) < 4.78 is 3.17. The zero-order valence-electron chi connectivity index (χ0n) is 20.2. The Balaban J connectivity index is 1.21. The fourth-order valence-electron chi connectivity index (χ4n) is 4.53. The first-order valence-electron chi connectivity index (χ1n) is 11.7. The maximum Gasteiger partial charge on any atom is 0.261 e. The molecule has 1 N–H and O–H groups in total. The van der Waals surface area contributed by atoms with Crippen LogP contribution in [0.4, 0.5) is 5.69 Å². The van der Waals surface area contributed by atoms with Crippen molar-refractivity contribution in [2.45, 2.75) is 19.9 Å². The summed E-state index contributed by atoms with van der Waals surface area (Å²) in [6.07, 6.45) is 4.18. The van der Waals surface area contributed by atoms with Crippen molar-refractivity contribution in [3.63, 3.8) is 0 Å². The van der Waals surface area contributed by atoms with Gasteiger partial charge in [0.25, 0.3) is 5.91 Å². The van der Waals surface area contributed by atoms with E-state index in [1.54, 1.807) is 6.20 Å². The number of anilines is 1. The third-order valence-corrected chi connectivity index (χ3v) is 7.38. The maximum atomic E-state index is 12.7. The Kier molecular flexibility index (Phi) is 6.40. The molecule has 1 atom stereocenters. The molecule has 2 aromatic heterocycles. The first-order valence-corrected chi connectivity index (χ1v) is 12.5. The van der Waals surface area contributed by atoms with E-state index < -0.39 is 0 Å². The summed E-state index contributed by atoms with van der Waals surface area (Å²) in [5.41, 5.74) is 3.07. The highest BCUT2D eigenvalue weighted by molar-refractivity contribution is 7.20. The second-order valence-corrected chi connectivity index (χ2v) is 10.5. The monoisotopic (exact) mass is 487 g/mol. The topological polar surface area (TPSA) is 70.5 Å². The van der Waals surface area contributed by atoms with Crippen molar-refractivity contribution < 1.29 is 9.59 Å². The van der Waals surface area contributed by atoms with Crippen LogP contribution in [0.5, 0.6) is 0 Å². The van der Waals surface area contributed by atoms with Crippen molar-refractivity contribution in [1.82, 2.24) is 19.8 Å². The minimum absolute atomic E-state index is 0.0760. The first-order chi connectivity index (χ1) is 16.9. The number of aryl methyl sites for hydroxylation is 1. The molecule has 0 bridgehead atoms. The highest BCUT2D eigenvalue weighted by Crippen LogP contribution is 2.28. The van der Waals surface area contributed by atoms with Crippen LogP contribution in [-0.2, 0) is 11.3 Å². The van der Waals surface area contributed by atoms with Crippen LogP contribution in [0.3, 0.4) is 0 Å². The molecule has 4 aromatic rings. The number of rotatable bonds is 7. The van der Waals surface area contributed by atoms with E-state index in [9.17, 15) is 9.59 Å². The molecule has 3 heterocycles. The average molecular weight is 488 g/mol. The number of hydrogen-bond acceptors (Lipinski definition) is 5. The predicted molar refractivity (Wildman–Crippen MR) is 140 cm³/mol. The van der Waals surface area contributed by atoms with Gasteiger partial charge in [0.15, 0.2) is 0 Å². The quantitative estimate of drug-likeness (QED) is 0.423. The smallest absolute Gasteiger partial charge is 0.261 e. The van der Waals surface area contributed by atoms with E-state index in [4.69, 9.17) is 0 Å². The molecule has 0 spiro atoms. The van der Waals surface area contributed by atoms with E-state index >= 15 is 0 Å². The van der Waals surface area contributed by atoms with Crippen LogP contribution in [0.1, 0.15) is 27.5 Å².